The molecule has 0 spiro atoms. The van der Waals surface area contributed by atoms with Gasteiger partial charge in [0.15, 0.2) is 5.16 Å². The van der Waals surface area contributed by atoms with Crippen LogP contribution in [0.15, 0.2) is 70.6 Å². The van der Waals surface area contributed by atoms with Crippen LogP contribution in [0, 0.1) is 0 Å². The number of carbonyl (C=O) groups is 1. The van der Waals surface area contributed by atoms with Gasteiger partial charge in [0.1, 0.15) is 0 Å². The molecule has 1 amide bonds. The first-order valence-corrected chi connectivity index (χ1v) is 11.0. The molecule has 0 aliphatic carbocycles. The van der Waals surface area contributed by atoms with Crippen LogP contribution >= 0.6 is 23.4 Å². The molecule has 0 saturated heterocycles. The molecule has 158 valence electrons. The highest BCUT2D eigenvalue weighted by Crippen LogP contribution is 2.24. The molecule has 0 aliphatic heterocycles. The van der Waals surface area contributed by atoms with Crippen molar-refractivity contribution in [3.8, 4) is 0 Å². The molecule has 0 fully saturated rings. The maximum absolute atomic E-state index is 13.0. The second-order valence-corrected chi connectivity index (χ2v) is 8.25. The highest BCUT2D eigenvalue weighted by molar-refractivity contribution is 7.99. The van der Waals surface area contributed by atoms with E-state index in [1.807, 2.05) is 42.5 Å². The van der Waals surface area contributed by atoms with Crippen LogP contribution in [0.4, 0.5) is 5.69 Å². The van der Waals surface area contributed by atoms with E-state index in [0.29, 0.717) is 34.2 Å². The van der Waals surface area contributed by atoms with E-state index in [-0.39, 0.29) is 17.2 Å². The van der Waals surface area contributed by atoms with Crippen molar-refractivity contribution >= 4 is 56.6 Å². The summed E-state index contributed by atoms with van der Waals surface area (Å²) in [7, 11) is 1.57. The number of fused-ring (bicyclic) bond motifs is 2. The van der Waals surface area contributed by atoms with Crippen LogP contribution in [0.3, 0.4) is 0 Å². The summed E-state index contributed by atoms with van der Waals surface area (Å²) in [4.78, 5) is 30.2. The Labute approximate surface area is 188 Å². The highest BCUT2D eigenvalue weighted by Gasteiger charge is 2.14. The lowest BCUT2D eigenvalue weighted by atomic mass is 10.1. The zero-order chi connectivity index (χ0) is 21.8. The van der Waals surface area contributed by atoms with Crippen LogP contribution in [0.25, 0.3) is 21.7 Å². The van der Waals surface area contributed by atoms with Crippen LogP contribution in [0.1, 0.15) is 0 Å². The lowest BCUT2D eigenvalue weighted by Gasteiger charge is -2.13. The number of amides is 1. The van der Waals surface area contributed by atoms with Gasteiger partial charge in [0.05, 0.1) is 29.8 Å². The summed E-state index contributed by atoms with van der Waals surface area (Å²) in [6.45, 7) is 0.699. The van der Waals surface area contributed by atoms with Crippen LogP contribution in [0.5, 0.6) is 0 Å². The predicted molar refractivity (Wildman–Crippen MR) is 126 cm³/mol. The largest absolute Gasteiger partial charge is 0.383 e. The van der Waals surface area contributed by atoms with Gasteiger partial charge in [-0.05, 0) is 29.7 Å². The molecule has 1 heterocycles. The van der Waals surface area contributed by atoms with Crippen molar-refractivity contribution in [2.45, 2.75) is 11.7 Å². The zero-order valence-corrected chi connectivity index (χ0v) is 18.4. The molecule has 0 bridgehead atoms. The molecule has 0 unspecified atom stereocenters. The Morgan fingerprint density at radius 1 is 1.13 bits per heavy atom. The topological polar surface area (TPSA) is 73.2 Å². The van der Waals surface area contributed by atoms with Gasteiger partial charge in [-0.3, -0.25) is 14.2 Å². The molecule has 31 heavy (non-hydrogen) atoms. The first-order chi connectivity index (χ1) is 15.1. The molecule has 0 saturated carbocycles. The van der Waals surface area contributed by atoms with Crippen molar-refractivity contribution in [2.24, 2.45) is 0 Å². The normalized spacial score (nSPS) is 11.2. The lowest BCUT2D eigenvalue weighted by molar-refractivity contribution is -0.113. The monoisotopic (exact) mass is 453 g/mol. The third-order valence-electron chi connectivity index (χ3n) is 4.80. The Kier molecular flexibility index (Phi) is 6.56. The number of thioether (sulfide) groups is 1. The highest BCUT2D eigenvalue weighted by atomic mass is 35.5. The molecule has 1 N–H and O–H groups in total. The van der Waals surface area contributed by atoms with Crippen molar-refractivity contribution in [1.29, 1.82) is 0 Å². The molecular weight excluding hydrogens is 434 g/mol. The van der Waals surface area contributed by atoms with Gasteiger partial charge in [0.25, 0.3) is 5.56 Å². The average Bonchev–Trinajstić information content (AvgIpc) is 2.77. The summed E-state index contributed by atoms with van der Waals surface area (Å²) in [5.41, 5.74) is 1.07. The summed E-state index contributed by atoms with van der Waals surface area (Å²) in [6, 6.07) is 18.6. The Balaban J connectivity index is 1.58. The number of carbonyl (C=O) groups excluding carboxylic acids is 1. The maximum atomic E-state index is 13.0. The molecule has 6 nitrogen and oxygen atoms in total. The maximum Gasteiger partial charge on any atom is 0.262 e. The second kappa shape index (κ2) is 9.51. The number of benzene rings is 3. The Bertz CT molecular complexity index is 1320. The average molecular weight is 454 g/mol. The van der Waals surface area contributed by atoms with Crippen molar-refractivity contribution < 1.29 is 9.53 Å². The molecule has 0 radical (unpaired) electrons. The number of methoxy groups -OCH3 is 1. The summed E-state index contributed by atoms with van der Waals surface area (Å²) in [5.74, 6) is -0.0746. The number of ether oxygens (including phenoxy) is 1. The van der Waals surface area contributed by atoms with Gasteiger partial charge in [-0.15, -0.1) is 0 Å². The molecule has 1 aromatic heterocycles. The number of anilines is 1. The van der Waals surface area contributed by atoms with Crippen LogP contribution < -0.4 is 10.9 Å². The SMILES string of the molecule is COCCn1c(SCC(=O)Nc2cccc3ccccc23)nc2cc(Cl)ccc2c1=O. The number of rotatable bonds is 7. The van der Waals surface area contributed by atoms with Crippen LogP contribution in [-0.2, 0) is 16.1 Å². The lowest BCUT2D eigenvalue weighted by Crippen LogP contribution is -2.26. The summed E-state index contributed by atoms with van der Waals surface area (Å²) in [6.07, 6.45) is 0. The first-order valence-electron chi connectivity index (χ1n) is 9.66. The smallest absolute Gasteiger partial charge is 0.262 e. The van der Waals surface area contributed by atoms with Gasteiger partial charge in [-0.1, -0.05) is 59.8 Å². The van der Waals surface area contributed by atoms with Crippen molar-refractivity contribution in [2.75, 3.05) is 24.8 Å². The van der Waals surface area contributed by atoms with E-state index in [9.17, 15) is 9.59 Å². The van der Waals surface area contributed by atoms with Gasteiger partial charge in [0, 0.05) is 23.2 Å². The molecule has 0 atom stereocenters. The number of hydrogen-bond acceptors (Lipinski definition) is 5. The number of hydrogen-bond donors (Lipinski definition) is 1. The fraction of sp³-hybridized carbons (Fsp3) is 0.174. The summed E-state index contributed by atoms with van der Waals surface area (Å²) >= 11 is 7.28. The van der Waals surface area contributed by atoms with E-state index in [2.05, 4.69) is 10.3 Å². The van der Waals surface area contributed by atoms with Gasteiger partial charge in [-0.2, -0.15) is 0 Å². The van der Waals surface area contributed by atoms with Crippen molar-refractivity contribution in [3.63, 3.8) is 0 Å². The minimum Gasteiger partial charge on any atom is -0.383 e. The summed E-state index contributed by atoms with van der Waals surface area (Å²) < 4.78 is 6.67. The number of halogens is 1. The molecule has 4 rings (SSSR count). The van der Waals surface area contributed by atoms with E-state index in [1.54, 1.807) is 25.3 Å². The zero-order valence-electron chi connectivity index (χ0n) is 16.8. The molecular formula is C23H20ClN3O3S. The minimum absolute atomic E-state index is 0.106. The Hall–Kier alpha value is -2.87. The van der Waals surface area contributed by atoms with Gasteiger partial charge in [0.2, 0.25) is 5.91 Å². The first kappa shape index (κ1) is 21.4. The van der Waals surface area contributed by atoms with Gasteiger partial charge < -0.3 is 10.1 Å². The molecule has 0 aliphatic rings. The number of nitrogens with zero attached hydrogens (tertiary/aromatic N) is 2. The van der Waals surface area contributed by atoms with Crippen molar-refractivity contribution in [3.05, 3.63) is 76.0 Å². The minimum atomic E-state index is -0.185. The van der Waals surface area contributed by atoms with Gasteiger partial charge in [-0.25, -0.2) is 4.98 Å². The van der Waals surface area contributed by atoms with Gasteiger partial charge >= 0.3 is 0 Å². The second-order valence-electron chi connectivity index (χ2n) is 6.87. The summed E-state index contributed by atoms with van der Waals surface area (Å²) in [5, 5.41) is 6.40. The van der Waals surface area contributed by atoms with E-state index in [1.165, 1.54) is 16.3 Å². The van der Waals surface area contributed by atoms with E-state index in [0.717, 1.165) is 16.5 Å². The van der Waals surface area contributed by atoms with Crippen LogP contribution in [0.2, 0.25) is 5.02 Å². The fourth-order valence-electron chi connectivity index (χ4n) is 3.31. The third kappa shape index (κ3) is 4.74. The van der Waals surface area contributed by atoms with E-state index >= 15 is 0 Å². The van der Waals surface area contributed by atoms with Crippen molar-refractivity contribution in [1.82, 2.24) is 9.55 Å². The molecule has 3 aromatic carbocycles. The Morgan fingerprint density at radius 3 is 2.77 bits per heavy atom. The Morgan fingerprint density at radius 2 is 1.94 bits per heavy atom. The predicted octanol–water partition coefficient (Wildman–Crippen LogP) is 4.58. The quantitative estimate of drug-likeness (QED) is 0.327. The van der Waals surface area contributed by atoms with E-state index < -0.39 is 0 Å². The molecule has 4 aromatic rings. The van der Waals surface area contributed by atoms with E-state index in [4.69, 9.17) is 16.3 Å². The fourth-order valence-corrected chi connectivity index (χ4v) is 4.31. The number of aromatic nitrogens is 2. The van der Waals surface area contributed by atoms with Crippen LogP contribution in [-0.4, -0.2) is 34.9 Å². The molecule has 8 heteroatoms. The standard InChI is InChI=1S/C23H20ClN3O3S/c1-30-12-11-27-22(29)18-10-9-16(24)13-20(18)26-23(27)31-14-21(28)25-19-8-4-6-15-5-2-3-7-17(15)19/h2-10,13H,11-12,14H2,1H3,(H,25,28). The third-order valence-corrected chi connectivity index (χ3v) is 6.01. The number of nitrogens with one attached hydrogen (secondary N) is 1.